The lowest BCUT2D eigenvalue weighted by atomic mass is 9.85. The molecular weight excluding hydrogens is 226 g/mol. The summed E-state index contributed by atoms with van der Waals surface area (Å²) in [4.78, 5) is 13.6. The number of benzene rings is 1. The number of carboxylic acids is 1. The number of hydrogen-bond acceptors (Lipinski definition) is 2. The van der Waals surface area contributed by atoms with Crippen LogP contribution in [0, 0.1) is 5.41 Å². The van der Waals surface area contributed by atoms with Crippen molar-refractivity contribution in [1.29, 1.82) is 0 Å². The van der Waals surface area contributed by atoms with Crippen LogP contribution in [0.1, 0.15) is 31.2 Å². The average Bonchev–Trinajstić information content (AvgIpc) is 2.80. The Balaban J connectivity index is 1.98. The largest absolute Gasteiger partial charge is 0.481 e. The predicted molar refractivity (Wildman–Crippen MR) is 71.3 cm³/mol. The zero-order valence-corrected chi connectivity index (χ0v) is 10.9. The van der Waals surface area contributed by atoms with Crippen LogP contribution in [0.25, 0.3) is 0 Å². The minimum absolute atomic E-state index is 0.510. The highest BCUT2D eigenvalue weighted by Gasteiger charge is 2.41. The van der Waals surface area contributed by atoms with Gasteiger partial charge in [-0.05, 0) is 25.5 Å². The van der Waals surface area contributed by atoms with Crippen LogP contribution in [0.3, 0.4) is 0 Å². The van der Waals surface area contributed by atoms with Crippen LogP contribution < -0.4 is 0 Å². The van der Waals surface area contributed by atoms with E-state index in [-0.39, 0.29) is 0 Å². The van der Waals surface area contributed by atoms with Crippen molar-refractivity contribution in [2.24, 2.45) is 5.41 Å². The standard InChI is InChI=1S/C15H21NO2/c1-16(11-13-7-3-2-4-8-13)12-15(14(17)18)9-5-6-10-15/h2-4,7-8H,5-6,9-12H2,1H3,(H,17,18). The van der Waals surface area contributed by atoms with Gasteiger partial charge in [0.1, 0.15) is 0 Å². The van der Waals surface area contributed by atoms with Crippen molar-refractivity contribution in [1.82, 2.24) is 4.90 Å². The predicted octanol–water partition coefficient (Wildman–Crippen LogP) is 2.76. The lowest BCUT2D eigenvalue weighted by Gasteiger charge is -2.29. The van der Waals surface area contributed by atoms with Gasteiger partial charge in [-0.3, -0.25) is 4.79 Å². The van der Waals surface area contributed by atoms with Crippen molar-refractivity contribution in [2.75, 3.05) is 13.6 Å². The highest BCUT2D eigenvalue weighted by molar-refractivity contribution is 5.75. The molecule has 98 valence electrons. The molecule has 0 saturated heterocycles. The van der Waals surface area contributed by atoms with Crippen molar-refractivity contribution < 1.29 is 9.90 Å². The summed E-state index contributed by atoms with van der Waals surface area (Å²) in [5, 5.41) is 9.45. The van der Waals surface area contributed by atoms with E-state index in [1.807, 2.05) is 25.2 Å². The highest BCUT2D eigenvalue weighted by Crippen LogP contribution is 2.39. The molecular formula is C15H21NO2. The molecule has 1 saturated carbocycles. The summed E-state index contributed by atoms with van der Waals surface area (Å²) in [5.41, 5.74) is 0.724. The Hall–Kier alpha value is -1.35. The molecule has 0 amide bonds. The molecule has 0 aliphatic heterocycles. The van der Waals surface area contributed by atoms with E-state index in [9.17, 15) is 9.90 Å². The third kappa shape index (κ3) is 2.91. The zero-order valence-electron chi connectivity index (χ0n) is 10.9. The molecule has 1 N–H and O–H groups in total. The molecule has 18 heavy (non-hydrogen) atoms. The van der Waals surface area contributed by atoms with Gasteiger partial charge in [-0.15, -0.1) is 0 Å². The van der Waals surface area contributed by atoms with E-state index in [1.165, 1.54) is 5.56 Å². The number of carboxylic acid groups (broad SMARTS) is 1. The quantitative estimate of drug-likeness (QED) is 0.869. The highest BCUT2D eigenvalue weighted by atomic mass is 16.4. The summed E-state index contributed by atoms with van der Waals surface area (Å²) in [5.74, 6) is -0.625. The summed E-state index contributed by atoms with van der Waals surface area (Å²) < 4.78 is 0. The summed E-state index contributed by atoms with van der Waals surface area (Å²) in [7, 11) is 2.01. The first-order valence-electron chi connectivity index (χ1n) is 6.58. The Kier molecular flexibility index (Phi) is 4.02. The molecule has 0 radical (unpaired) electrons. The van der Waals surface area contributed by atoms with Gasteiger partial charge in [-0.1, -0.05) is 43.2 Å². The third-order valence-corrected chi connectivity index (χ3v) is 3.88. The second-order valence-corrected chi connectivity index (χ2v) is 5.45. The summed E-state index contributed by atoms with van der Waals surface area (Å²) in [6.45, 7) is 1.47. The monoisotopic (exact) mass is 247 g/mol. The van der Waals surface area contributed by atoms with Gasteiger partial charge in [0.05, 0.1) is 5.41 Å². The second-order valence-electron chi connectivity index (χ2n) is 5.45. The molecule has 1 aliphatic rings. The molecule has 1 aromatic carbocycles. The first-order valence-corrected chi connectivity index (χ1v) is 6.58. The molecule has 0 unspecified atom stereocenters. The van der Waals surface area contributed by atoms with Crippen LogP contribution in [-0.4, -0.2) is 29.6 Å². The summed E-state index contributed by atoms with van der Waals surface area (Å²) in [6, 6.07) is 10.2. The fourth-order valence-corrected chi connectivity index (χ4v) is 2.96. The Morgan fingerprint density at radius 1 is 1.28 bits per heavy atom. The minimum atomic E-state index is -0.625. The van der Waals surface area contributed by atoms with Crippen LogP contribution in [0.4, 0.5) is 0 Å². The fourth-order valence-electron chi connectivity index (χ4n) is 2.96. The number of hydrogen-bond donors (Lipinski definition) is 1. The van der Waals surface area contributed by atoms with Crippen LogP contribution in [0.5, 0.6) is 0 Å². The van der Waals surface area contributed by atoms with Crippen molar-refractivity contribution >= 4 is 5.97 Å². The van der Waals surface area contributed by atoms with Gasteiger partial charge < -0.3 is 10.0 Å². The second kappa shape index (κ2) is 5.53. The maximum Gasteiger partial charge on any atom is 0.310 e. The molecule has 0 atom stereocenters. The summed E-state index contributed by atoms with van der Waals surface area (Å²) in [6.07, 6.45) is 3.74. The van der Waals surface area contributed by atoms with E-state index in [0.717, 1.165) is 32.2 Å². The lowest BCUT2D eigenvalue weighted by molar-refractivity contribution is -0.149. The Morgan fingerprint density at radius 2 is 1.89 bits per heavy atom. The Morgan fingerprint density at radius 3 is 2.44 bits per heavy atom. The molecule has 0 bridgehead atoms. The Bertz CT molecular complexity index is 396. The SMILES string of the molecule is CN(Cc1ccccc1)CC1(C(=O)O)CCCC1. The molecule has 1 fully saturated rings. The maximum atomic E-state index is 11.5. The van der Waals surface area contributed by atoms with Crippen LogP contribution >= 0.6 is 0 Å². The van der Waals surface area contributed by atoms with Gasteiger partial charge in [-0.25, -0.2) is 0 Å². The van der Waals surface area contributed by atoms with E-state index < -0.39 is 11.4 Å². The molecule has 1 aliphatic carbocycles. The van der Waals surface area contributed by atoms with Gasteiger partial charge in [0.2, 0.25) is 0 Å². The number of carbonyl (C=O) groups is 1. The summed E-state index contributed by atoms with van der Waals surface area (Å²) >= 11 is 0. The lowest BCUT2D eigenvalue weighted by Crippen LogP contribution is -2.39. The van der Waals surface area contributed by atoms with Gasteiger partial charge in [0.25, 0.3) is 0 Å². The van der Waals surface area contributed by atoms with Crippen molar-refractivity contribution in [2.45, 2.75) is 32.2 Å². The van der Waals surface area contributed by atoms with E-state index in [2.05, 4.69) is 17.0 Å². The molecule has 0 heterocycles. The molecule has 0 aromatic heterocycles. The number of rotatable bonds is 5. The van der Waals surface area contributed by atoms with E-state index >= 15 is 0 Å². The fraction of sp³-hybridized carbons (Fsp3) is 0.533. The number of nitrogens with zero attached hydrogens (tertiary/aromatic N) is 1. The van der Waals surface area contributed by atoms with E-state index in [4.69, 9.17) is 0 Å². The molecule has 2 rings (SSSR count). The van der Waals surface area contributed by atoms with Crippen LogP contribution in [-0.2, 0) is 11.3 Å². The zero-order chi connectivity index (χ0) is 13.0. The topological polar surface area (TPSA) is 40.5 Å². The van der Waals surface area contributed by atoms with E-state index in [1.54, 1.807) is 0 Å². The number of aliphatic carboxylic acids is 1. The van der Waals surface area contributed by atoms with Gasteiger partial charge in [0.15, 0.2) is 0 Å². The van der Waals surface area contributed by atoms with Gasteiger partial charge in [-0.2, -0.15) is 0 Å². The Labute approximate surface area is 108 Å². The van der Waals surface area contributed by atoms with Crippen LogP contribution in [0.2, 0.25) is 0 Å². The van der Waals surface area contributed by atoms with Crippen molar-refractivity contribution in [3.63, 3.8) is 0 Å². The normalized spacial score (nSPS) is 18.1. The molecule has 1 aromatic rings. The smallest absolute Gasteiger partial charge is 0.310 e. The minimum Gasteiger partial charge on any atom is -0.481 e. The van der Waals surface area contributed by atoms with E-state index in [0.29, 0.717) is 6.54 Å². The van der Waals surface area contributed by atoms with Crippen molar-refractivity contribution in [3.05, 3.63) is 35.9 Å². The third-order valence-electron chi connectivity index (χ3n) is 3.88. The van der Waals surface area contributed by atoms with Crippen LogP contribution in [0.15, 0.2) is 30.3 Å². The molecule has 3 nitrogen and oxygen atoms in total. The van der Waals surface area contributed by atoms with Crippen molar-refractivity contribution in [3.8, 4) is 0 Å². The molecule has 3 heteroatoms. The molecule has 0 spiro atoms. The van der Waals surface area contributed by atoms with Gasteiger partial charge >= 0.3 is 5.97 Å². The maximum absolute atomic E-state index is 11.5. The van der Waals surface area contributed by atoms with Gasteiger partial charge in [0, 0.05) is 13.1 Å². The average molecular weight is 247 g/mol. The first kappa shape index (κ1) is 13.1. The first-order chi connectivity index (χ1) is 8.62.